The Morgan fingerprint density at radius 1 is 1.14 bits per heavy atom. The molecule has 1 aromatic carbocycles. The van der Waals surface area contributed by atoms with Crippen LogP contribution in [0.5, 0.6) is 5.75 Å². The second-order valence-corrected chi connectivity index (χ2v) is 8.75. The molecule has 5 heteroatoms. The van der Waals surface area contributed by atoms with E-state index in [9.17, 15) is 14.7 Å². The number of benzene rings is 1. The first-order valence-electron chi connectivity index (χ1n) is 10.3. The number of carbonyl (C=O) groups excluding carboxylic acids is 2. The summed E-state index contributed by atoms with van der Waals surface area (Å²) in [6.07, 6.45) is 5.11. The van der Waals surface area contributed by atoms with Crippen LogP contribution in [-0.2, 0) is 9.59 Å². The maximum Gasteiger partial charge on any atom is 0.290 e. The van der Waals surface area contributed by atoms with Crippen LogP contribution < -0.4 is 4.74 Å². The molecule has 1 saturated carbocycles. The number of aliphatic hydroxyl groups is 1. The van der Waals surface area contributed by atoms with Gasteiger partial charge in [-0.2, -0.15) is 0 Å². The maximum atomic E-state index is 13.2. The molecule has 1 aromatic rings. The van der Waals surface area contributed by atoms with Crippen LogP contribution in [0, 0.1) is 5.41 Å². The average molecular weight is 386 g/mol. The van der Waals surface area contributed by atoms with Gasteiger partial charge in [0.2, 0.25) is 0 Å². The molecule has 0 radical (unpaired) electrons. The second-order valence-electron chi connectivity index (χ2n) is 8.75. The molecule has 1 fully saturated rings. The highest BCUT2D eigenvalue weighted by Gasteiger charge is 2.48. The number of amides is 1. The number of ketones is 1. The number of ether oxygens (including phenoxy) is 1. The molecule has 1 atom stereocenters. The highest BCUT2D eigenvalue weighted by atomic mass is 16.5. The van der Waals surface area contributed by atoms with Crippen LogP contribution in [0.25, 0.3) is 0 Å². The van der Waals surface area contributed by atoms with Gasteiger partial charge in [0.05, 0.1) is 18.2 Å². The van der Waals surface area contributed by atoms with Crippen molar-refractivity contribution in [3.63, 3.8) is 0 Å². The van der Waals surface area contributed by atoms with Crippen LogP contribution in [0.3, 0.4) is 0 Å². The van der Waals surface area contributed by atoms with Gasteiger partial charge in [-0.25, -0.2) is 0 Å². The first-order chi connectivity index (χ1) is 13.3. The summed E-state index contributed by atoms with van der Waals surface area (Å²) >= 11 is 0. The van der Waals surface area contributed by atoms with Crippen LogP contribution in [0.15, 0.2) is 35.6 Å². The summed E-state index contributed by atoms with van der Waals surface area (Å²) in [5, 5.41) is 10.7. The van der Waals surface area contributed by atoms with Crippen LogP contribution in [-0.4, -0.2) is 34.3 Å². The van der Waals surface area contributed by atoms with E-state index in [0.29, 0.717) is 6.61 Å². The zero-order chi connectivity index (χ0) is 20.5. The van der Waals surface area contributed by atoms with Crippen LogP contribution >= 0.6 is 0 Å². The standard InChI is InChI=1S/C23H31NO4/c1-5-28-17-13-11-15(12-14-17)19-18(21(26)23(2,3)4)20(25)22(27)24(19)16-9-7-6-8-10-16/h11-14,16,19,25H,5-10H2,1-4H3. The lowest BCUT2D eigenvalue weighted by Crippen LogP contribution is -2.41. The number of hydrogen-bond acceptors (Lipinski definition) is 4. The van der Waals surface area contributed by atoms with Crippen LogP contribution in [0.1, 0.15) is 71.4 Å². The molecule has 1 amide bonds. The molecule has 1 heterocycles. The molecule has 152 valence electrons. The molecule has 0 spiro atoms. The van der Waals surface area contributed by atoms with Crippen LogP contribution in [0.2, 0.25) is 0 Å². The summed E-state index contributed by atoms with van der Waals surface area (Å²) < 4.78 is 5.53. The van der Waals surface area contributed by atoms with Crippen LogP contribution in [0.4, 0.5) is 0 Å². The van der Waals surface area contributed by atoms with Crippen molar-refractivity contribution in [2.24, 2.45) is 5.41 Å². The summed E-state index contributed by atoms with van der Waals surface area (Å²) in [6, 6.07) is 7.01. The monoisotopic (exact) mass is 385 g/mol. The van der Waals surface area contributed by atoms with E-state index in [-0.39, 0.29) is 23.2 Å². The third-order valence-electron chi connectivity index (χ3n) is 5.64. The predicted molar refractivity (Wildman–Crippen MR) is 108 cm³/mol. The largest absolute Gasteiger partial charge is 0.503 e. The van der Waals surface area contributed by atoms with E-state index in [4.69, 9.17) is 4.74 Å². The van der Waals surface area contributed by atoms with E-state index < -0.39 is 17.4 Å². The number of rotatable bonds is 5. The summed E-state index contributed by atoms with van der Waals surface area (Å²) in [5.74, 6) is -0.241. The highest BCUT2D eigenvalue weighted by Crippen LogP contribution is 2.44. The third kappa shape index (κ3) is 3.80. The van der Waals surface area contributed by atoms with E-state index in [0.717, 1.165) is 37.0 Å². The van der Waals surface area contributed by atoms with E-state index >= 15 is 0 Å². The van der Waals surface area contributed by atoms with Crippen molar-refractivity contribution in [3.05, 3.63) is 41.2 Å². The fourth-order valence-corrected chi connectivity index (χ4v) is 4.24. The SMILES string of the molecule is CCOc1ccc(C2C(C(=O)C(C)(C)C)=C(O)C(=O)N2C2CCCCC2)cc1. The highest BCUT2D eigenvalue weighted by molar-refractivity contribution is 6.10. The summed E-state index contributed by atoms with van der Waals surface area (Å²) in [7, 11) is 0. The average Bonchev–Trinajstić information content (AvgIpc) is 2.93. The van der Waals surface area contributed by atoms with E-state index in [1.807, 2.05) is 52.0 Å². The third-order valence-corrected chi connectivity index (χ3v) is 5.64. The molecule has 3 rings (SSSR count). The lowest BCUT2D eigenvalue weighted by Gasteiger charge is -2.37. The number of hydrogen-bond donors (Lipinski definition) is 1. The fraction of sp³-hybridized carbons (Fsp3) is 0.565. The van der Waals surface area contributed by atoms with Gasteiger partial charge in [-0.1, -0.05) is 52.2 Å². The van der Waals surface area contributed by atoms with Gasteiger partial charge in [0, 0.05) is 11.5 Å². The van der Waals surface area contributed by atoms with Crippen molar-refractivity contribution in [3.8, 4) is 5.75 Å². The van der Waals surface area contributed by atoms with Gasteiger partial charge < -0.3 is 14.7 Å². The lowest BCUT2D eigenvalue weighted by atomic mass is 9.81. The summed E-state index contributed by atoms with van der Waals surface area (Å²) in [6.45, 7) is 7.95. The maximum absolute atomic E-state index is 13.2. The fourth-order valence-electron chi connectivity index (χ4n) is 4.24. The number of Topliss-reactive ketones (excluding diaryl/α,β-unsaturated/α-hetero) is 1. The second kappa shape index (κ2) is 7.98. The van der Waals surface area contributed by atoms with E-state index in [2.05, 4.69) is 0 Å². The quantitative estimate of drug-likeness (QED) is 0.796. The molecule has 28 heavy (non-hydrogen) atoms. The summed E-state index contributed by atoms with van der Waals surface area (Å²) in [5.41, 5.74) is 0.377. The first kappa shape index (κ1) is 20.4. The molecule has 0 aromatic heterocycles. The van der Waals surface area contributed by atoms with Gasteiger partial charge in [-0.15, -0.1) is 0 Å². The molecule has 5 nitrogen and oxygen atoms in total. The lowest BCUT2D eigenvalue weighted by molar-refractivity contribution is -0.132. The van der Waals surface area contributed by atoms with Crippen molar-refractivity contribution >= 4 is 11.7 Å². The van der Waals surface area contributed by atoms with Crippen molar-refractivity contribution in [2.45, 2.75) is 71.9 Å². The molecular formula is C23H31NO4. The Morgan fingerprint density at radius 3 is 2.29 bits per heavy atom. The Balaban J connectivity index is 2.05. The molecule has 1 aliphatic carbocycles. The number of nitrogens with zero attached hydrogens (tertiary/aromatic N) is 1. The van der Waals surface area contributed by atoms with Gasteiger partial charge >= 0.3 is 0 Å². The van der Waals surface area contributed by atoms with Gasteiger partial charge in [-0.3, -0.25) is 9.59 Å². The zero-order valence-electron chi connectivity index (χ0n) is 17.3. The van der Waals surface area contributed by atoms with Gasteiger partial charge in [0.15, 0.2) is 11.5 Å². The molecule has 0 saturated heterocycles. The molecular weight excluding hydrogens is 354 g/mol. The minimum Gasteiger partial charge on any atom is -0.503 e. The van der Waals surface area contributed by atoms with Crippen molar-refractivity contribution in [1.29, 1.82) is 0 Å². The van der Waals surface area contributed by atoms with Gasteiger partial charge in [-0.05, 0) is 37.5 Å². The normalized spacial score (nSPS) is 21.4. The number of aliphatic hydroxyl groups excluding tert-OH is 1. The minimum absolute atomic E-state index is 0.0465. The van der Waals surface area contributed by atoms with Gasteiger partial charge in [0.25, 0.3) is 5.91 Å². The minimum atomic E-state index is -0.685. The molecule has 2 aliphatic rings. The van der Waals surface area contributed by atoms with Crippen molar-refractivity contribution in [1.82, 2.24) is 4.90 Å². The van der Waals surface area contributed by atoms with Crippen molar-refractivity contribution in [2.75, 3.05) is 6.61 Å². The Bertz CT molecular complexity index is 767. The van der Waals surface area contributed by atoms with E-state index in [1.54, 1.807) is 4.90 Å². The topological polar surface area (TPSA) is 66.8 Å². The molecule has 1 aliphatic heterocycles. The Kier molecular flexibility index (Phi) is 5.82. The van der Waals surface area contributed by atoms with E-state index in [1.165, 1.54) is 6.42 Å². The first-order valence-corrected chi connectivity index (χ1v) is 10.3. The molecule has 1 unspecified atom stereocenters. The Hall–Kier alpha value is -2.30. The Morgan fingerprint density at radius 2 is 1.75 bits per heavy atom. The predicted octanol–water partition coefficient (Wildman–Crippen LogP) is 4.73. The van der Waals surface area contributed by atoms with Gasteiger partial charge in [0.1, 0.15) is 5.75 Å². The number of carbonyl (C=O) groups is 2. The summed E-state index contributed by atoms with van der Waals surface area (Å²) in [4.78, 5) is 28.0. The smallest absolute Gasteiger partial charge is 0.290 e. The Labute approximate surface area is 167 Å². The van der Waals surface area contributed by atoms with Crippen molar-refractivity contribution < 1.29 is 19.4 Å². The molecule has 1 N–H and O–H groups in total. The zero-order valence-corrected chi connectivity index (χ0v) is 17.3. The molecule has 0 bridgehead atoms.